The van der Waals surface area contributed by atoms with Gasteiger partial charge >= 0.3 is 42.7 Å². The second-order valence-electron chi connectivity index (χ2n) is 28.4. The quantitative estimate of drug-likeness (QED) is 0.0241. The lowest BCUT2D eigenvalue weighted by atomic mass is 9.97. The second-order valence-corrected chi connectivity index (χ2v) is 33.3. The van der Waals surface area contributed by atoms with Crippen LogP contribution in [-0.4, -0.2) is 298 Å². The van der Waals surface area contributed by atoms with E-state index in [0.717, 1.165) is 60.5 Å². The Morgan fingerprint density at radius 1 is 0.442 bits per heavy atom. The van der Waals surface area contributed by atoms with Crippen LogP contribution in [0.5, 0.6) is 0 Å². The molecule has 0 saturated carbocycles. The van der Waals surface area contributed by atoms with Crippen molar-refractivity contribution in [3.8, 4) is 0 Å². The molecule has 0 radical (unpaired) electrons. The van der Waals surface area contributed by atoms with Gasteiger partial charge in [0.2, 0.25) is 35.4 Å². The summed E-state index contributed by atoms with van der Waals surface area (Å²) in [6, 6.07) is 0.507. The van der Waals surface area contributed by atoms with Crippen LogP contribution in [-0.2, 0) is 125 Å². The molecule has 2 unspecified atom stereocenters. The van der Waals surface area contributed by atoms with Gasteiger partial charge in [0.25, 0.3) is 0 Å². The molecule has 0 aromatic carbocycles. The molecule has 48 nitrogen and oxygen atoms in total. The van der Waals surface area contributed by atoms with Crippen LogP contribution < -0.4 is 54.7 Å². The molecule has 6 rings (SSSR count). The average molecular weight is 1810 g/mol. The minimum absolute atomic E-state index is 0.00417. The van der Waals surface area contributed by atoms with E-state index in [-0.39, 0.29) is 124 Å². The summed E-state index contributed by atoms with van der Waals surface area (Å²) < 4.78 is 119. The summed E-state index contributed by atoms with van der Waals surface area (Å²) in [6.07, 6.45) is -0.847. The molecule has 0 spiro atoms. The average Bonchev–Trinajstić information content (AvgIpc) is 1.63. The molecule has 2 aromatic rings. The second kappa shape index (κ2) is 55.5. The number of nitrogens with one attached hydrogen (secondary N) is 6. The molecule has 12 atom stereocenters. The summed E-state index contributed by atoms with van der Waals surface area (Å²) in [5, 5.41) is 38.6. The molecular formula is C68H120N12O36P4. The fourth-order valence-electron chi connectivity index (χ4n) is 12.7. The van der Waals surface area contributed by atoms with E-state index in [9.17, 15) is 86.4 Å². The lowest BCUT2D eigenvalue weighted by Crippen LogP contribution is -2.38. The number of amides is 6. The Hall–Kier alpha value is -5.86. The van der Waals surface area contributed by atoms with Crippen molar-refractivity contribution in [2.75, 3.05) is 157 Å². The molecule has 6 amide bonds. The number of aromatic nitrogens is 4. The number of aryl methyl sites for hydroxylation is 2. The van der Waals surface area contributed by atoms with Gasteiger partial charge in [-0.3, -0.25) is 56.0 Å². The molecule has 20 N–H and O–H groups in total. The molecule has 0 aliphatic carbocycles. The predicted octanol–water partition coefficient (Wildman–Crippen LogP) is -2.46. The zero-order valence-electron chi connectivity index (χ0n) is 67.2. The normalized spacial score (nSPS) is 21.9. The zero-order valence-corrected chi connectivity index (χ0v) is 70.8. The highest BCUT2D eigenvalue weighted by molar-refractivity contribution is 7.47. The summed E-state index contributed by atoms with van der Waals surface area (Å²) in [5.74, 6) is 0.138. The van der Waals surface area contributed by atoms with Crippen molar-refractivity contribution in [3.05, 3.63) is 44.5 Å². The number of anilines is 2. The van der Waals surface area contributed by atoms with Crippen LogP contribution in [0.2, 0.25) is 0 Å². The van der Waals surface area contributed by atoms with E-state index in [2.05, 4.69) is 73.8 Å². The minimum Gasteiger partial charge on any atom is -0.386 e. The van der Waals surface area contributed by atoms with Crippen LogP contribution in [0.3, 0.4) is 0 Å². The molecular weight excluding hydrogens is 1680 g/mol. The lowest BCUT2D eigenvalue weighted by Gasteiger charge is -2.21. The number of unbranched alkanes of at least 4 members (excludes halogenated alkanes) is 4. The number of phosphoric ester groups is 4. The summed E-state index contributed by atoms with van der Waals surface area (Å²) >= 11 is 0. The Morgan fingerprint density at radius 3 is 1.06 bits per heavy atom. The van der Waals surface area contributed by atoms with Gasteiger partial charge in [-0.05, 0) is 63.2 Å². The highest BCUT2D eigenvalue weighted by Gasteiger charge is 2.51. The molecule has 4 aliphatic heterocycles. The summed E-state index contributed by atoms with van der Waals surface area (Å²) in [5.41, 5.74) is 10.4. The van der Waals surface area contributed by atoms with Crippen LogP contribution in [0.1, 0.15) is 140 Å². The molecule has 4 saturated heterocycles. The maximum atomic E-state index is 12.6. The van der Waals surface area contributed by atoms with Gasteiger partial charge in [-0.2, -0.15) is 9.97 Å². The first-order valence-electron chi connectivity index (χ1n) is 39.4. The highest BCUT2D eigenvalue weighted by atomic mass is 31.2. The minimum atomic E-state index is -5.24. The number of aliphatic hydroxyl groups is 2. The number of aliphatic hydroxyl groups excluding tert-OH is 2. The van der Waals surface area contributed by atoms with Crippen molar-refractivity contribution in [1.82, 2.24) is 51.0 Å². The topological polar surface area (TPSA) is 696 Å². The first-order valence-corrected chi connectivity index (χ1v) is 45.6. The van der Waals surface area contributed by atoms with Crippen molar-refractivity contribution in [2.24, 2.45) is 11.8 Å². The molecule has 120 heavy (non-hydrogen) atoms. The SMILES string of the molecule is C[C@@H]1CC(=O)N[C@@H]1CCCCCC(=O)NCCOCCOCCOCCOCCC(=O)NCCCc1cn([C@@H]2O[C@H](COP(=O)(O)O)[C@H](OP(=O)(O)O)C2O)c(=O)nc1N.C[C@@H]1CC(=O)N[C@@H]1CCCCCC(=O)NCCOCCOCCOCCOCCC(=O)NCCCc1cn([C@@H]2O[C@H](COP(=O)(O)O)[C@H](OP(=O)(O)O)C2O)c(=O)nc1N. The third-order valence-electron chi connectivity index (χ3n) is 18.7. The van der Waals surface area contributed by atoms with Gasteiger partial charge in [-0.15, -0.1) is 0 Å². The van der Waals surface area contributed by atoms with Gasteiger partial charge in [0.1, 0.15) is 48.3 Å². The van der Waals surface area contributed by atoms with Crippen LogP contribution in [0.15, 0.2) is 22.0 Å². The Kier molecular flexibility index (Phi) is 48.4. The standard InChI is InChI=1S/2C34H60N6O18P2/c2*1-23-20-29(43)38-25(23)7-3-2-4-8-27(41)37-11-13-53-15-17-55-19-18-54-16-14-52-12-9-28(42)36-10-5-6-24-21-40(34(45)39-32(24)35)33-30(44)31(58-60(49,50)51)26(57-33)22-56-59(46,47)48/h2*21,23,25-26,30-31,33,44H,2-20,22H2,1H3,(H,36,42)(H,37,41)(H,38,43)(H2,35,39,45)(H2,46,47,48)(H2,49,50,51)/t2*23-,25-,26-,30?,31+,33-/m11/s1. The van der Waals surface area contributed by atoms with Crippen molar-refractivity contribution in [1.29, 1.82) is 0 Å². The third-order valence-corrected chi connectivity index (χ3v) is 20.8. The van der Waals surface area contributed by atoms with E-state index >= 15 is 0 Å². The van der Waals surface area contributed by atoms with Crippen molar-refractivity contribution >= 4 is 78.4 Å². The van der Waals surface area contributed by atoms with E-state index in [0.29, 0.717) is 154 Å². The number of phosphoric acid groups is 4. The molecule has 4 fully saturated rings. The maximum absolute atomic E-state index is 12.6. The number of ether oxygens (including phenoxy) is 10. The smallest absolute Gasteiger partial charge is 0.386 e. The Balaban J connectivity index is 0.000000427. The Morgan fingerprint density at radius 2 is 0.750 bits per heavy atom. The van der Waals surface area contributed by atoms with Crippen molar-refractivity contribution < 1.29 is 162 Å². The van der Waals surface area contributed by atoms with E-state index in [1.54, 1.807) is 0 Å². The van der Waals surface area contributed by atoms with E-state index in [1.165, 1.54) is 12.4 Å². The molecule has 4 aliphatic rings. The summed E-state index contributed by atoms with van der Waals surface area (Å²) in [7, 11) is -20.6. The van der Waals surface area contributed by atoms with Crippen LogP contribution in [0, 0.1) is 11.8 Å². The first kappa shape index (κ1) is 105. The largest absolute Gasteiger partial charge is 0.470 e. The lowest BCUT2D eigenvalue weighted by molar-refractivity contribution is -0.123. The van der Waals surface area contributed by atoms with Gasteiger partial charge in [-0.1, -0.05) is 39.5 Å². The summed E-state index contributed by atoms with van der Waals surface area (Å²) in [6.45, 7) is 8.72. The van der Waals surface area contributed by atoms with E-state index < -0.39 is 105 Å². The number of carbonyl (C=O) groups is 6. The predicted molar refractivity (Wildman–Crippen MR) is 418 cm³/mol. The number of nitrogen functional groups attached to an aromatic ring is 2. The number of hydrogen-bond acceptors (Lipinski definition) is 32. The van der Waals surface area contributed by atoms with Crippen LogP contribution in [0.25, 0.3) is 0 Å². The first-order chi connectivity index (χ1) is 56.9. The van der Waals surface area contributed by atoms with Gasteiger partial charge in [-0.25, -0.2) is 27.8 Å². The van der Waals surface area contributed by atoms with E-state index in [4.69, 9.17) is 78.4 Å². The number of hydrogen-bond donors (Lipinski definition) is 18. The fourth-order valence-corrected chi connectivity index (χ4v) is 14.5. The number of nitrogens with zero attached hydrogens (tertiary/aromatic N) is 4. The van der Waals surface area contributed by atoms with Crippen LogP contribution >= 0.6 is 31.3 Å². The van der Waals surface area contributed by atoms with Crippen molar-refractivity contribution in [3.63, 3.8) is 0 Å². The van der Waals surface area contributed by atoms with Gasteiger partial charge in [0.05, 0.1) is 119 Å². The molecule has 688 valence electrons. The fraction of sp³-hybridized carbons (Fsp3) is 0.794. The third kappa shape index (κ3) is 43.6. The van der Waals surface area contributed by atoms with Gasteiger partial charge < -0.3 is 140 Å². The van der Waals surface area contributed by atoms with Crippen LogP contribution in [0.4, 0.5) is 11.6 Å². The summed E-state index contributed by atoms with van der Waals surface area (Å²) in [4.78, 5) is 177. The van der Waals surface area contributed by atoms with E-state index in [1.807, 2.05) is 0 Å². The molecule has 2 aromatic heterocycles. The zero-order chi connectivity index (χ0) is 88.3. The van der Waals surface area contributed by atoms with Crippen molar-refractivity contribution in [2.45, 2.75) is 191 Å². The Labute approximate surface area is 692 Å². The number of carbonyl (C=O) groups excluding carboxylic acids is 6. The Bertz CT molecular complexity index is 3530. The molecule has 52 heteroatoms. The van der Waals surface area contributed by atoms with Gasteiger partial charge in [0.15, 0.2) is 12.5 Å². The monoisotopic (exact) mass is 1800 g/mol. The van der Waals surface area contributed by atoms with Gasteiger partial charge in [0, 0.05) is 100 Å². The molecule has 0 bridgehead atoms. The number of rotatable bonds is 62. The molecule has 6 heterocycles. The maximum Gasteiger partial charge on any atom is 0.470 e. The number of nitrogens with two attached hydrogens (primary N) is 2. The highest BCUT2D eigenvalue weighted by Crippen LogP contribution is 2.47.